The van der Waals surface area contributed by atoms with Crippen LogP contribution in [0.5, 0.6) is 11.8 Å². The van der Waals surface area contributed by atoms with Gasteiger partial charge in [0.25, 0.3) is 0 Å². The molecule has 1 amide bonds. The summed E-state index contributed by atoms with van der Waals surface area (Å²) >= 11 is 3.87. The average molecular weight is 631 g/mol. The molecule has 0 unspecified atom stereocenters. The number of carbonyl (C=O) groups excluding carboxylic acids is 1. The molecule has 0 N–H and O–H groups in total. The lowest BCUT2D eigenvalue weighted by Crippen LogP contribution is -2.62. The van der Waals surface area contributed by atoms with Crippen LogP contribution in [0.3, 0.4) is 0 Å². The van der Waals surface area contributed by atoms with Gasteiger partial charge in [-0.05, 0) is 107 Å². The van der Waals surface area contributed by atoms with E-state index in [0.717, 1.165) is 91.9 Å². The number of anilines is 1. The summed E-state index contributed by atoms with van der Waals surface area (Å²) in [6.07, 6.45) is 6.25. The second-order valence-corrected chi connectivity index (χ2v) is 14.3. The number of rotatable bonds is 6. The highest BCUT2D eigenvalue weighted by atomic mass is 79.9. The fourth-order valence-electron chi connectivity index (χ4n) is 6.44. The predicted molar refractivity (Wildman–Crippen MR) is 163 cm³/mol. The van der Waals surface area contributed by atoms with Crippen molar-refractivity contribution in [3.05, 3.63) is 16.1 Å². The molecular formula is C31H44BrN5O4. The Balaban J connectivity index is 1.28. The zero-order valence-electron chi connectivity index (χ0n) is 25.2. The van der Waals surface area contributed by atoms with Crippen LogP contribution in [0.2, 0.25) is 0 Å². The zero-order chi connectivity index (χ0) is 28.9. The number of amides is 1. The van der Waals surface area contributed by atoms with Crippen molar-refractivity contribution < 1.29 is 19.0 Å². The average Bonchev–Trinajstić information content (AvgIpc) is 3.74. The van der Waals surface area contributed by atoms with Crippen molar-refractivity contribution in [2.24, 2.45) is 5.41 Å². The minimum absolute atomic E-state index is 0.111. The van der Waals surface area contributed by atoms with Crippen LogP contribution in [0.4, 0.5) is 10.6 Å². The van der Waals surface area contributed by atoms with Gasteiger partial charge >= 0.3 is 12.1 Å². The number of nitrogens with zero attached hydrogens (tertiary/aromatic N) is 5. The fourth-order valence-corrected chi connectivity index (χ4v) is 7.18. The topological polar surface area (TPSA) is 80.3 Å². The maximum Gasteiger partial charge on any atom is 0.410 e. The van der Waals surface area contributed by atoms with Gasteiger partial charge in [0.15, 0.2) is 5.75 Å². The monoisotopic (exact) mass is 629 g/mol. The molecule has 0 atom stereocenters. The van der Waals surface area contributed by atoms with Crippen molar-refractivity contribution in [1.29, 1.82) is 0 Å². The predicted octanol–water partition coefficient (Wildman–Crippen LogP) is 5.98. The second-order valence-electron chi connectivity index (χ2n) is 13.5. The molecule has 1 aliphatic carbocycles. The molecule has 41 heavy (non-hydrogen) atoms. The number of carbonyl (C=O) groups is 1. The number of hydrogen-bond acceptors (Lipinski definition) is 8. The van der Waals surface area contributed by atoms with Gasteiger partial charge in [-0.3, -0.25) is 0 Å². The van der Waals surface area contributed by atoms with E-state index in [4.69, 9.17) is 24.2 Å². The largest absolute Gasteiger partial charge is 0.490 e. The first kappa shape index (κ1) is 28.8. The summed E-state index contributed by atoms with van der Waals surface area (Å²) in [5.41, 5.74) is 1.79. The molecule has 4 fully saturated rings. The molecule has 2 aromatic rings. The molecule has 4 heterocycles. The van der Waals surface area contributed by atoms with Crippen LogP contribution in [0.15, 0.2) is 10.5 Å². The van der Waals surface area contributed by atoms with Crippen LogP contribution in [-0.4, -0.2) is 90.5 Å². The molecule has 3 aliphatic heterocycles. The van der Waals surface area contributed by atoms with Crippen molar-refractivity contribution >= 4 is 38.7 Å². The lowest BCUT2D eigenvalue weighted by atomic mass is 9.72. The highest BCUT2D eigenvalue weighted by molar-refractivity contribution is 9.10. The Morgan fingerprint density at radius 2 is 1.76 bits per heavy atom. The standard InChI is InChI=1S/C31H44BrN5O4/c1-6-39-26-24(32)22(20-7-8-20)17-23-25(26)33-28(40-21-9-13-35(5)14-10-21)34-27(23)36-15-11-31(12-16-36)18-37(19-31)29(38)41-30(2,3)4/h17,20-21H,6-16,18-19H2,1-5H3. The summed E-state index contributed by atoms with van der Waals surface area (Å²) in [4.78, 5) is 29.2. The number of aromatic nitrogens is 2. The number of fused-ring (bicyclic) bond motifs is 1. The van der Waals surface area contributed by atoms with Gasteiger partial charge in [-0.15, -0.1) is 0 Å². The molecule has 0 radical (unpaired) electrons. The molecule has 224 valence electrons. The van der Waals surface area contributed by atoms with Crippen LogP contribution in [0, 0.1) is 5.41 Å². The van der Waals surface area contributed by atoms with E-state index in [0.29, 0.717) is 18.5 Å². The number of likely N-dealkylation sites (tertiary alicyclic amines) is 2. The number of hydrogen-bond donors (Lipinski definition) is 0. The second kappa shape index (κ2) is 11.1. The fraction of sp³-hybridized carbons (Fsp3) is 0.710. The lowest BCUT2D eigenvalue weighted by Gasteiger charge is -2.53. The smallest absolute Gasteiger partial charge is 0.410 e. The maximum absolute atomic E-state index is 12.6. The van der Waals surface area contributed by atoms with Crippen LogP contribution in [-0.2, 0) is 4.74 Å². The Bertz CT molecular complexity index is 1290. The Hall–Kier alpha value is -2.33. The minimum Gasteiger partial charge on any atom is -0.490 e. The highest BCUT2D eigenvalue weighted by Gasteiger charge is 2.48. The molecule has 0 bridgehead atoms. The van der Waals surface area contributed by atoms with E-state index >= 15 is 0 Å². The molecule has 4 aliphatic rings. The van der Waals surface area contributed by atoms with Crippen molar-refractivity contribution in [3.8, 4) is 11.8 Å². The van der Waals surface area contributed by atoms with Crippen molar-refractivity contribution in [2.45, 2.75) is 83.8 Å². The van der Waals surface area contributed by atoms with Gasteiger partial charge in [-0.2, -0.15) is 9.97 Å². The third-order valence-electron chi connectivity index (χ3n) is 8.94. The summed E-state index contributed by atoms with van der Waals surface area (Å²) in [7, 11) is 2.15. The summed E-state index contributed by atoms with van der Waals surface area (Å²) in [5.74, 6) is 2.28. The highest BCUT2D eigenvalue weighted by Crippen LogP contribution is 2.50. The molecule has 9 nitrogen and oxygen atoms in total. The zero-order valence-corrected chi connectivity index (χ0v) is 26.8. The van der Waals surface area contributed by atoms with Gasteiger partial charge in [-0.25, -0.2) is 4.79 Å². The summed E-state index contributed by atoms with van der Waals surface area (Å²) in [6, 6.07) is 2.72. The van der Waals surface area contributed by atoms with Crippen LogP contribution in [0.1, 0.15) is 77.7 Å². The van der Waals surface area contributed by atoms with Gasteiger partial charge in [0, 0.05) is 50.1 Å². The lowest BCUT2D eigenvalue weighted by molar-refractivity contribution is -0.0434. The van der Waals surface area contributed by atoms with Crippen LogP contribution >= 0.6 is 15.9 Å². The Kier molecular flexibility index (Phi) is 7.76. The molecule has 1 aromatic carbocycles. The van der Waals surface area contributed by atoms with E-state index in [1.54, 1.807) is 0 Å². The van der Waals surface area contributed by atoms with Gasteiger partial charge in [-0.1, -0.05) is 0 Å². The van der Waals surface area contributed by atoms with E-state index in [-0.39, 0.29) is 17.6 Å². The van der Waals surface area contributed by atoms with Gasteiger partial charge in [0.05, 0.1) is 11.1 Å². The SMILES string of the molecule is CCOc1c(Br)c(C2CC2)cc2c(N3CCC4(CC3)CN(C(=O)OC(C)(C)C)C4)nc(OC3CCN(C)CC3)nc12. The number of benzene rings is 1. The Labute approximate surface area is 252 Å². The summed E-state index contributed by atoms with van der Waals surface area (Å²) in [5, 5.41) is 1.04. The van der Waals surface area contributed by atoms with Gasteiger partial charge < -0.3 is 28.9 Å². The van der Waals surface area contributed by atoms with E-state index in [9.17, 15) is 4.79 Å². The Morgan fingerprint density at radius 1 is 1.07 bits per heavy atom. The molecular weight excluding hydrogens is 586 g/mol. The van der Waals surface area contributed by atoms with E-state index in [2.05, 4.69) is 38.8 Å². The molecule has 6 rings (SSSR count). The van der Waals surface area contributed by atoms with Gasteiger partial charge in [0.2, 0.25) is 0 Å². The first-order valence-electron chi connectivity index (χ1n) is 15.3. The molecule has 1 aromatic heterocycles. The summed E-state index contributed by atoms with van der Waals surface area (Å²) in [6.45, 7) is 13.6. The van der Waals surface area contributed by atoms with Crippen molar-refractivity contribution in [3.63, 3.8) is 0 Å². The molecule has 1 spiro atoms. The first-order chi connectivity index (χ1) is 19.5. The molecule has 3 saturated heterocycles. The third kappa shape index (κ3) is 6.10. The van der Waals surface area contributed by atoms with Gasteiger partial charge in [0.1, 0.15) is 23.0 Å². The molecule has 1 saturated carbocycles. The van der Waals surface area contributed by atoms with Crippen LogP contribution < -0.4 is 14.4 Å². The normalized spacial score (nSPS) is 21.7. The Morgan fingerprint density at radius 3 is 2.37 bits per heavy atom. The first-order valence-corrected chi connectivity index (χ1v) is 16.1. The number of ether oxygens (including phenoxy) is 3. The van der Waals surface area contributed by atoms with Crippen LogP contribution in [0.25, 0.3) is 10.9 Å². The number of halogens is 1. The minimum atomic E-state index is -0.473. The van der Waals surface area contributed by atoms with Crippen molar-refractivity contribution in [2.75, 3.05) is 57.8 Å². The third-order valence-corrected chi connectivity index (χ3v) is 9.76. The van der Waals surface area contributed by atoms with Crippen molar-refractivity contribution in [1.82, 2.24) is 19.8 Å². The molecule has 10 heteroatoms. The maximum atomic E-state index is 12.6. The van der Waals surface area contributed by atoms with E-state index in [1.165, 1.54) is 18.4 Å². The van der Waals surface area contributed by atoms with E-state index in [1.807, 2.05) is 32.6 Å². The van der Waals surface area contributed by atoms with E-state index < -0.39 is 5.60 Å². The number of piperidine rings is 2. The summed E-state index contributed by atoms with van der Waals surface area (Å²) < 4.78 is 19.3. The quantitative estimate of drug-likeness (QED) is 0.386.